The molecular weight excluding hydrogens is 164 g/mol. The van der Waals surface area contributed by atoms with Gasteiger partial charge in [0.1, 0.15) is 0 Å². The zero-order valence-electron chi connectivity index (χ0n) is 6.53. The largest absolute Gasteiger partial charge is 0.0932 e. The maximum atomic E-state index is 2.27. The quantitative estimate of drug-likeness (QED) is 0.578. The minimum Gasteiger partial charge on any atom is -0.0932 e. The fraction of sp³-hybridized carbons (Fsp3) is 0.0909. The van der Waals surface area contributed by atoms with Crippen molar-refractivity contribution in [3.63, 3.8) is 0 Å². The van der Waals surface area contributed by atoms with E-state index in [1.807, 2.05) is 11.8 Å². The molecule has 3 rings (SSSR count). The highest BCUT2D eigenvalue weighted by atomic mass is 32.2. The molecule has 0 saturated heterocycles. The van der Waals surface area contributed by atoms with Gasteiger partial charge in [-0.3, -0.25) is 0 Å². The van der Waals surface area contributed by atoms with Gasteiger partial charge in [0.05, 0.1) is 0 Å². The van der Waals surface area contributed by atoms with E-state index in [9.17, 15) is 0 Å². The monoisotopic (exact) mass is 172 g/mol. The first-order valence-electron chi connectivity index (χ1n) is 4.10. The third kappa shape index (κ3) is 0.745. The van der Waals surface area contributed by atoms with Crippen LogP contribution in [-0.4, -0.2) is 0 Å². The van der Waals surface area contributed by atoms with Gasteiger partial charge in [-0.05, 0) is 11.6 Å². The first-order chi connectivity index (χ1) is 5.95. The van der Waals surface area contributed by atoms with Crippen LogP contribution in [0.1, 0.15) is 11.5 Å². The Hall–Kier alpha value is -0.950. The van der Waals surface area contributed by atoms with Gasteiger partial charge in [-0.25, -0.2) is 0 Å². The predicted octanol–water partition coefficient (Wildman–Crippen LogP) is 3.33. The van der Waals surface area contributed by atoms with Crippen LogP contribution in [0, 0.1) is 0 Å². The van der Waals surface area contributed by atoms with Crippen molar-refractivity contribution in [2.24, 2.45) is 0 Å². The van der Waals surface area contributed by atoms with E-state index in [2.05, 4.69) is 42.5 Å². The van der Waals surface area contributed by atoms with Crippen LogP contribution in [0.3, 0.4) is 0 Å². The second-order valence-corrected chi connectivity index (χ2v) is 4.19. The van der Waals surface area contributed by atoms with Crippen LogP contribution >= 0.6 is 11.8 Å². The first kappa shape index (κ1) is 6.55. The van der Waals surface area contributed by atoms with Gasteiger partial charge in [0.15, 0.2) is 0 Å². The molecule has 1 aliphatic heterocycles. The van der Waals surface area contributed by atoms with E-state index in [0.717, 1.165) is 0 Å². The van der Waals surface area contributed by atoms with Gasteiger partial charge in [-0.2, -0.15) is 0 Å². The predicted molar refractivity (Wildman–Crippen MR) is 52.3 cm³/mol. The standard InChI is InChI=1S/C11H8S/c1-2-6-10-8(4-1)9-5-3-7-11(9)12-10/h1-7,9H. The summed E-state index contributed by atoms with van der Waals surface area (Å²) in [4.78, 5) is 2.91. The average molecular weight is 172 g/mol. The Morgan fingerprint density at radius 1 is 1.17 bits per heavy atom. The Kier molecular flexibility index (Phi) is 1.24. The Balaban J connectivity index is 2.22. The molecule has 0 saturated carbocycles. The second-order valence-electron chi connectivity index (χ2n) is 3.07. The fourth-order valence-corrected chi connectivity index (χ4v) is 2.96. The van der Waals surface area contributed by atoms with Crippen LogP contribution in [0.4, 0.5) is 0 Å². The summed E-state index contributed by atoms with van der Waals surface area (Å²) < 4.78 is 0. The summed E-state index contributed by atoms with van der Waals surface area (Å²) in [6, 6.07) is 8.65. The van der Waals surface area contributed by atoms with E-state index < -0.39 is 0 Å². The van der Waals surface area contributed by atoms with Crippen LogP contribution < -0.4 is 0 Å². The molecule has 1 heterocycles. The maximum Gasteiger partial charge on any atom is 0.0347 e. The van der Waals surface area contributed by atoms with Gasteiger partial charge in [0, 0.05) is 15.7 Å². The number of thioether (sulfide) groups is 1. The average Bonchev–Trinajstić information content (AvgIpc) is 2.62. The molecule has 1 unspecified atom stereocenters. The number of allylic oxidation sites excluding steroid dienone is 4. The molecule has 0 N–H and O–H groups in total. The second kappa shape index (κ2) is 2.27. The fourth-order valence-electron chi connectivity index (χ4n) is 1.77. The Bertz CT molecular complexity index is 388. The van der Waals surface area contributed by atoms with Crippen LogP contribution in [0.25, 0.3) is 0 Å². The molecule has 1 aliphatic carbocycles. The van der Waals surface area contributed by atoms with Crippen molar-refractivity contribution >= 4 is 11.8 Å². The SMILES string of the molecule is C1=CC2C(=C1)Sc1ccccc12. The molecule has 1 aromatic carbocycles. The first-order valence-corrected chi connectivity index (χ1v) is 4.92. The molecule has 58 valence electrons. The van der Waals surface area contributed by atoms with E-state index in [4.69, 9.17) is 0 Å². The molecule has 0 radical (unpaired) electrons. The summed E-state index contributed by atoms with van der Waals surface area (Å²) in [5.74, 6) is 0.575. The third-order valence-corrected chi connectivity index (χ3v) is 3.57. The lowest BCUT2D eigenvalue weighted by Gasteiger charge is -2.01. The Morgan fingerprint density at radius 3 is 3.08 bits per heavy atom. The van der Waals surface area contributed by atoms with Crippen LogP contribution in [0.5, 0.6) is 0 Å². The van der Waals surface area contributed by atoms with Gasteiger partial charge in [-0.15, -0.1) is 0 Å². The Morgan fingerprint density at radius 2 is 2.08 bits per heavy atom. The molecule has 12 heavy (non-hydrogen) atoms. The lowest BCUT2D eigenvalue weighted by Crippen LogP contribution is -1.86. The molecule has 1 atom stereocenters. The number of fused-ring (bicyclic) bond motifs is 3. The molecular formula is C11H8S. The molecule has 0 fully saturated rings. The summed E-state index contributed by atoms with van der Waals surface area (Å²) in [5, 5.41) is 0. The van der Waals surface area contributed by atoms with E-state index in [0.29, 0.717) is 5.92 Å². The minimum atomic E-state index is 0.575. The summed E-state index contributed by atoms with van der Waals surface area (Å²) >= 11 is 1.91. The third-order valence-electron chi connectivity index (χ3n) is 2.35. The van der Waals surface area contributed by atoms with E-state index in [1.54, 1.807) is 0 Å². The lowest BCUT2D eigenvalue weighted by atomic mass is 10.0. The van der Waals surface area contributed by atoms with Crippen LogP contribution in [-0.2, 0) is 0 Å². The highest BCUT2D eigenvalue weighted by molar-refractivity contribution is 8.03. The minimum absolute atomic E-state index is 0.575. The van der Waals surface area contributed by atoms with Gasteiger partial charge in [-0.1, -0.05) is 48.2 Å². The molecule has 1 heteroatoms. The summed E-state index contributed by atoms with van der Waals surface area (Å²) in [7, 11) is 0. The summed E-state index contributed by atoms with van der Waals surface area (Å²) in [6.07, 6.45) is 6.65. The van der Waals surface area contributed by atoms with Gasteiger partial charge in [0.25, 0.3) is 0 Å². The van der Waals surface area contributed by atoms with Gasteiger partial charge < -0.3 is 0 Å². The summed E-state index contributed by atoms with van der Waals surface area (Å²) in [6.45, 7) is 0. The zero-order valence-corrected chi connectivity index (χ0v) is 7.34. The van der Waals surface area contributed by atoms with Crippen molar-refractivity contribution in [1.82, 2.24) is 0 Å². The molecule has 0 bridgehead atoms. The van der Waals surface area contributed by atoms with E-state index in [-0.39, 0.29) is 0 Å². The van der Waals surface area contributed by atoms with E-state index in [1.165, 1.54) is 15.4 Å². The van der Waals surface area contributed by atoms with Gasteiger partial charge in [0.2, 0.25) is 0 Å². The normalized spacial score (nSPS) is 23.7. The van der Waals surface area contributed by atoms with Crippen LogP contribution in [0.2, 0.25) is 0 Å². The van der Waals surface area contributed by atoms with Gasteiger partial charge >= 0.3 is 0 Å². The molecule has 0 amide bonds. The summed E-state index contributed by atoms with van der Waals surface area (Å²) in [5.41, 5.74) is 1.47. The van der Waals surface area contributed by atoms with Crippen molar-refractivity contribution in [2.75, 3.05) is 0 Å². The Labute approximate surface area is 76.0 Å². The smallest absolute Gasteiger partial charge is 0.0347 e. The van der Waals surface area contributed by atoms with Crippen molar-refractivity contribution in [3.8, 4) is 0 Å². The molecule has 0 spiro atoms. The van der Waals surface area contributed by atoms with Crippen LogP contribution in [0.15, 0.2) is 52.3 Å². The molecule has 1 aromatic rings. The highest BCUT2D eigenvalue weighted by Crippen LogP contribution is 2.50. The molecule has 2 aliphatic rings. The maximum absolute atomic E-state index is 2.27. The zero-order chi connectivity index (χ0) is 7.97. The number of benzene rings is 1. The highest BCUT2D eigenvalue weighted by Gasteiger charge is 2.27. The number of hydrogen-bond donors (Lipinski definition) is 0. The van der Waals surface area contributed by atoms with Crippen molar-refractivity contribution in [3.05, 3.63) is 53.0 Å². The van der Waals surface area contributed by atoms with Crippen molar-refractivity contribution < 1.29 is 0 Å². The number of hydrogen-bond acceptors (Lipinski definition) is 1. The van der Waals surface area contributed by atoms with Crippen molar-refractivity contribution in [2.45, 2.75) is 10.8 Å². The topological polar surface area (TPSA) is 0 Å². The molecule has 0 nitrogen and oxygen atoms in total. The molecule has 0 aromatic heterocycles. The van der Waals surface area contributed by atoms with E-state index >= 15 is 0 Å². The van der Waals surface area contributed by atoms with Crippen molar-refractivity contribution in [1.29, 1.82) is 0 Å². The lowest BCUT2D eigenvalue weighted by molar-refractivity contribution is 1.07. The number of rotatable bonds is 0.